The van der Waals surface area contributed by atoms with Crippen molar-refractivity contribution in [2.24, 2.45) is 0 Å². The van der Waals surface area contributed by atoms with Crippen LogP contribution in [0, 0.1) is 15.9 Å². The molecule has 0 bridgehead atoms. The number of nitrogens with one attached hydrogen (secondary N) is 1. The van der Waals surface area contributed by atoms with Crippen molar-refractivity contribution < 1.29 is 14.1 Å². The summed E-state index contributed by atoms with van der Waals surface area (Å²) in [5.41, 5.74) is 0.728. The van der Waals surface area contributed by atoms with E-state index in [9.17, 15) is 14.5 Å². The molecule has 5 nitrogen and oxygen atoms in total. The highest BCUT2D eigenvalue weighted by Gasteiger charge is 2.15. The van der Waals surface area contributed by atoms with Gasteiger partial charge in [-0.1, -0.05) is 23.7 Å². The Bertz CT molecular complexity index is 679. The summed E-state index contributed by atoms with van der Waals surface area (Å²) in [7, 11) is 1.36. The molecule has 0 aliphatic carbocycles. The number of anilines is 1. The second-order valence-electron chi connectivity index (χ2n) is 4.22. The van der Waals surface area contributed by atoms with Crippen molar-refractivity contribution in [3.8, 4) is 5.75 Å². The Balaban J connectivity index is 2.19. The largest absolute Gasteiger partial charge is 0.490 e. The van der Waals surface area contributed by atoms with Gasteiger partial charge in [-0.05, 0) is 23.8 Å². The highest BCUT2D eigenvalue weighted by atomic mass is 35.5. The van der Waals surface area contributed by atoms with Gasteiger partial charge in [-0.25, -0.2) is 4.39 Å². The minimum Gasteiger partial charge on any atom is -0.490 e. The van der Waals surface area contributed by atoms with E-state index in [1.165, 1.54) is 25.3 Å². The normalized spacial score (nSPS) is 10.2. The summed E-state index contributed by atoms with van der Waals surface area (Å²) in [6, 6.07) is 9.16. The number of halogens is 2. The molecule has 0 saturated carbocycles. The summed E-state index contributed by atoms with van der Waals surface area (Å²) >= 11 is 5.68. The number of hydrogen-bond donors (Lipinski definition) is 1. The summed E-state index contributed by atoms with van der Waals surface area (Å²) in [6.07, 6.45) is 0. The number of ether oxygens (including phenoxy) is 1. The molecular weight excluding hydrogens is 299 g/mol. The summed E-state index contributed by atoms with van der Waals surface area (Å²) in [6.45, 7) is 0.224. The fourth-order valence-corrected chi connectivity index (χ4v) is 2.00. The van der Waals surface area contributed by atoms with Crippen LogP contribution >= 0.6 is 11.6 Å². The van der Waals surface area contributed by atoms with Gasteiger partial charge in [-0.2, -0.15) is 0 Å². The van der Waals surface area contributed by atoms with Crippen molar-refractivity contribution in [2.45, 2.75) is 6.54 Å². The number of methoxy groups -OCH3 is 1. The number of nitro groups is 1. The Labute approximate surface area is 125 Å². The number of rotatable bonds is 5. The van der Waals surface area contributed by atoms with Gasteiger partial charge in [0.05, 0.1) is 22.7 Å². The van der Waals surface area contributed by atoms with E-state index in [-0.39, 0.29) is 28.7 Å². The standard InChI is InChI=1S/C14H12ClFN2O3/c1-21-13-6-5-9(7-12(13)18(19)20)8-17-11-4-2-3-10(15)14(11)16/h2-7,17H,8H2,1H3. The lowest BCUT2D eigenvalue weighted by Crippen LogP contribution is -2.03. The fraction of sp³-hybridized carbons (Fsp3) is 0.143. The van der Waals surface area contributed by atoms with E-state index in [0.29, 0.717) is 5.56 Å². The molecule has 0 fully saturated rings. The van der Waals surface area contributed by atoms with Gasteiger partial charge in [0.15, 0.2) is 11.6 Å². The maximum absolute atomic E-state index is 13.7. The third-order valence-electron chi connectivity index (χ3n) is 2.87. The van der Waals surface area contributed by atoms with E-state index >= 15 is 0 Å². The molecule has 1 N–H and O–H groups in total. The van der Waals surface area contributed by atoms with Crippen molar-refractivity contribution in [3.05, 3.63) is 62.9 Å². The molecular formula is C14H12ClFN2O3. The van der Waals surface area contributed by atoms with Crippen LogP contribution in [0.1, 0.15) is 5.56 Å². The molecule has 0 aromatic heterocycles. The zero-order valence-electron chi connectivity index (χ0n) is 11.1. The molecule has 0 aliphatic heterocycles. The molecule has 0 amide bonds. The Morgan fingerprint density at radius 3 is 2.81 bits per heavy atom. The second-order valence-corrected chi connectivity index (χ2v) is 4.63. The first-order valence-electron chi connectivity index (χ1n) is 6.02. The van der Waals surface area contributed by atoms with E-state index in [1.807, 2.05) is 0 Å². The second kappa shape index (κ2) is 6.41. The smallest absolute Gasteiger partial charge is 0.311 e. The summed E-state index contributed by atoms with van der Waals surface area (Å²) in [5, 5.41) is 13.8. The molecule has 0 aliphatic rings. The van der Waals surface area contributed by atoms with Gasteiger partial charge in [0.25, 0.3) is 0 Å². The van der Waals surface area contributed by atoms with Gasteiger partial charge in [0.2, 0.25) is 0 Å². The first-order chi connectivity index (χ1) is 10.0. The van der Waals surface area contributed by atoms with Crippen molar-refractivity contribution in [3.63, 3.8) is 0 Å². The van der Waals surface area contributed by atoms with E-state index in [1.54, 1.807) is 18.2 Å². The van der Waals surface area contributed by atoms with Crippen molar-refractivity contribution in [1.29, 1.82) is 0 Å². The molecule has 21 heavy (non-hydrogen) atoms. The lowest BCUT2D eigenvalue weighted by molar-refractivity contribution is -0.385. The van der Waals surface area contributed by atoms with Crippen molar-refractivity contribution >= 4 is 23.0 Å². The zero-order chi connectivity index (χ0) is 15.4. The number of hydrogen-bond acceptors (Lipinski definition) is 4. The third kappa shape index (κ3) is 3.41. The van der Waals surface area contributed by atoms with Gasteiger partial charge in [-0.15, -0.1) is 0 Å². The Kier molecular flexibility index (Phi) is 4.59. The van der Waals surface area contributed by atoms with Crippen LogP contribution in [0.15, 0.2) is 36.4 Å². The molecule has 2 aromatic carbocycles. The van der Waals surface area contributed by atoms with Gasteiger partial charge in [0.1, 0.15) is 0 Å². The van der Waals surface area contributed by atoms with Gasteiger partial charge < -0.3 is 10.1 Å². The quantitative estimate of drug-likeness (QED) is 0.669. The minimum atomic E-state index is -0.554. The minimum absolute atomic E-state index is 0.0145. The lowest BCUT2D eigenvalue weighted by atomic mass is 10.2. The van der Waals surface area contributed by atoms with Crippen molar-refractivity contribution in [2.75, 3.05) is 12.4 Å². The molecule has 7 heteroatoms. The predicted octanol–water partition coefficient (Wildman–Crippen LogP) is 4.01. The molecule has 0 saturated heterocycles. The molecule has 0 atom stereocenters. The maximum atomic E-state index is 13.7. The highest BCUT2D eigenvalue weighted by Crippen LogP contribution is 2.28. The molecule has 0 unspecified atom stereocenters. The van der Waals surface area contributed by atoms with Crippen LogP contribution < -0.4 is 10.1 Å². The molecule has 0 spiro atoms. The van der Waals surface area contributed by atoms with Crippen LogP contribution in [-0.2, 0) is 6.54 Å². The average Bonchev–Trinajstić information content (AvgIpc) is 2.48. The number of nitrogens with zero attached hydrogens (tertiary/aromatic N) is 1. The van der Waals surface area contributed by atoms with E-state index < -0.39 is 10.7 Å². The Morgan fingerprint density at radius 2 is 2.14 bits per heavy atom. The first-order valence-corrected chi connectivity index (χ1v) is 6.40. The molecule has 0 heterocycles. The number of benzene rings is 2. The zero-order valence-corrected chi connectivity index (χ0v) is 11.9. The monoisotopic (exact) mass is 310 g/mol. The van der Waals surface area contributed by atoms with E-state index in [0.717, 1.165) is 0 Å². The van der Waals surface area contributed by atoms with Gasteiger partial charge >= 0.3 is 5.69 Å². The lowest BCUT2D eigenvalue weighted by Gasteiger charge is -2.09. The van der Waals surface area contributed by atoms with Gasteiger partial charge in [0, 0.05) is 12.6 Å². The van der Waals surface area contributed by atoms with Crippen molar-refractivity contribution in [1.82, 2.24) is 0 Å². The van der Waals surface area contributed by atoms with Crippen LogP contribution in [0.2, 0.25) is 5.02 Å². The highest BCUT2D eigenvalue weighted by molar-refractivity contribution is 6.31. The van der Waals surface area contributed by atoms with Gasteiger partial charge in [-0.3, -0.25) is 10.1 Å². The third-order valence-corrected chi connectivity index (χ3v) is 3.17. The van der Waals surface area contributed by atoms with Crippen LogP contribution in [0.5, 0.6) is 5.75 Å². The summed E-state index contributed by atoms with van der Waals surface area (Å²) < 4.78 is 18.6. The van der Waals surface area contributed by atoms with Crippen LogP contribution in [0.25, 0.3) is 0 Å². The van der Waals surface area contributed by atoms with Crippen LogP contribution in [-0.4, -0.2) is 12.0 Å². The summed E-state index contributed by atoms with van der Waals surface area (Å²) in [4.78, 5) is 10.4. The SMILES string of the molecule is COc1ccc(CNc2cccc(Cl)c2F)cc1[N+](=O)[O-]. The Hall–Kier alpha value is -2.34. The molecule has 2 rings (SSSR count). The molecule has 2 aromatic rings. The Morgan fingerprint density at radius 1 is 1.38 bits per heavy atom. The van der Waals surface area contributed by atoms with Crippen LogP contribution in [0.4, 0.5) is 15.8 Å². The maximum Gasteiger partial charge on any atom is 0.311 e. The molecule has 0 radical (unpaired) electrons. The van der Waals surface area contributed by atoms with E-state index in [4.69, 9.17) is 16.3 Å². The molecule has 110 valence electrons. The first kappa shape index (κ1) is 15.1. The average molecular weight is 311 g/mol. The predicted molar refractivity (Wildman–Crippen MR) is 78.4 cm³/mol. The fourth-order valence-electron chi connectivity index (χ4n) is 1.83. The van der Waals surface area contributed by atoms with Crippen LogP contribution in [0.3, 0.4) is 0 Å². The van der Waals surface area contributed by atoms with E-state index in [2.05, 4.69) is 5.32 Å². The summed E-state index contributed by atoms with van der Waals surface area (Å²) in [5.74, 6) is -0.375. The number of nitro benzene ring substituents is 1. The topological polar surface area (TPSA) is 64.4 Å².